The van der Waals surface area contributed by atoms with Crippen molar-refractivity contribution < 1.29 is 9.90 Å². The van der Waals surface area contributed by atoms with Crippen molar-refractivity contribution in [3.63, 3.8) is 0 Å². The average molecular weight is 369 g/mol. The first-order valence-corrected chi connectivity index (χ1v) is 8.79. The first kappa shape index (κ1) is 17.4. The Labute approximate surface area is 141 Å². The monoisotopic (exact) mass is 368 g/mol. The first-order chi connectivity index (χ1) is 10.6. The van der Waals surface area contributed by atoms with Crippen LogP contribution in [-0.2, 0) is 4.79 Å². The van der Waals surface area contributed by atoms with Gasteiger partial charge in [-0.05, 0) is 44.0 Å². The van der Waals surface area contributed by atoms with E-state index in [2.05, 4.69) is 56.9 Å². The van der Waals surface area contributed by atoms with Crippen molar-refractivity contribution in [3.8, 4) is 0 Å². The van der Waals surface area contributed by atoms with Gasteiger partial charge in [0.15, 0.2) is 0 Å². The highest BCUT2D eigenvalue weighted by Crippen LogP contribution is 2.23. The zero-order valence-corrected chi connectivity index (χ0v) is 14.8. The second-order valence-corrected chi connectivity index (χ2v) is 6.87. The molecule has 5 heteroatoms. The van der Waals surface area contributed by atoms with Gasteiger partial charge in [-0.2, -0.15) is 0 Å². The van der Waals surface area contributed by atoms with Crippen LogP contribution in [0.15, 0.2) is 28.7 Å². The lowest BCUT2D eigenvalue weighted by Gasteiger charge is -2.38. The summed E-state index contributed by atoms with van der Waals surface area (Å²) in [7, 11) is 0. The number of hydrogen-bond acceptors (Lipinski definition) is 3. The number of carboxylic acids is 1. The maximum Gasteiger partial charge on any atom is 0.303 e. The lowest BCUT2D eigenvalue weighted by molar-refractivity contribution is -0.137. The summed E-state index contributed by atoms with van der Waals surface area (Å²) in [5.74, 6) is -0.687. The van der Waals surface area contributed by atoms with E-state index in [0.29, 0.717) is 12.5 Å². The smallest absolute Gasteiger partial charge is 0.303 e. The van der Waals surface area contributed by atoms with Gasteiger partial charge >= 0.3 is 5.97 Å². The van der Waals surface area contributed by atoms with Gasteiger partial charge < -0.3 is 10.0 Å². The normalized spacial score (nSPS) is 18.3. The number of nitrogens with zero attached hydrogens (tertiary/aromatic N) is 2. The Morgan fingerprint density at radius 1 is 1.18 bits per heavy atom. The molecule has 4 nitrogen and oxygen atoms in total. The van der Waals surface area contributed by atoms with Crippen LogP contribution >= 0.6 is 15.9 Å². The lowest BCUT2D eigenvalue weighted by atomic mass is 10.1. The van der Waals surface area contributed by atoms with Crippen molar-refractivity contribution in [2.75, 3.05) is 32.7 Å². The minimum absolute atomic E-state index is 0.292. The van der Waals surface area contributed by atoms with Crippen LogP contribution in [0.2, 0.25) is 0 Å². The van der Waals surface area contributed by atoms with Crippen molar-refractivity contribution in [3.05, 3.63) is 34.3 Å². The fraction of sp³-hybridized carbons (Fsp3) is 0.588. The summed E-state index contributed by atoms with van der Waals surface area (Å²) in [5.41, 5.74) is 1.36. The highest BCUT2D eigenvalue weighted by Gasteiger charge is 2.21. The van der Waals surface area contributed by atoms with Gasteiger partial charge in [-0.1, -0.05) is 28.1 Å². The van der Waals surface area contributed by atoms with E-state index in [0.717, 1.165) is 50.0 Å². The van der Waals surface area contributed by atoms with E-state index in [9.17, 15) is 4.79 Å². The molecular weight excluding hydrogens is 344 g/mol. The Bertz CT molecular complexity index is 470. The standard InChI is InChI=1S/C17H25BrN2O2/c1-14(15-5-7-16(18)8-6-15)20-12-10-19(11-13-20)9-3-2-4-17(21)22/h5-8,14H,2-4,9-13H2,1H3,(H,21,22). The van der Waals surface area contributed by atoms with Crippen LogP contribution in [0.3, 0.4) is 0 Å². The molecule has 1 unspecified atom stereocenters. The molecule has 0 spiro atoms. The predicted molar refractivity (Wildman–Crippen MR) is 92.1 cm³/mol. The molecule has 1 aliphatic heterocycles. The van der Waals surface area contributed by atoms with Gasteiger partial charge in [0.1, 0.15) is 0 Å². The number of unbranched alkanes of at least 4 members (excludes halogenated alkanes) is 1. The summed E-state index contributed by atoms with van der Waals surface area (Å²) in [4.78, 5) is 15.5. The quantitative estimate of drug-likeness (QED) is 0.749. The molecule has 1 aromatic carbocycles. The topological polar surface area (TPSA) is 43.8 Å². The molecule has 1 atom stereocenters. The number of piperazine rings is 1. The Morgan fingerprint density at radius 3 is 2.41 bits per heavy atom. The molecule has 1 saturated heterocycles. The first-order valence-electron chi connectivity index (χ1n) is 8.00. The maximum absolute atomic E-state index is 10.5. The molecule has 22 heavy (non-hydrogen) atoms. The summed E-state index contributed by atoms with van der Waals surface area (Å²) < 4.78 is 1.12. The summed E-state index contributed by atoms with van der Waals surface area (Å²) in [6.07, 6.45) is 2.06. The number of rotatable bonds is 7. The molecule has 0 aromatic heterocycles. The molecule has 0 amide bonds. The summed E-state index contributed by atoms with van der Waals surface area (Å²) >= 11 is 3.48. The van der Waals surface area contributed by atoms with E-state index >= 15 is 0 Å². The van der Waals surface area contributed by atoms with Crippen LogP contribution in [0.5, 0.6) is 0 Å². The molecule has 0 bridgehead atoms. The third-order valence-electron chi connectivity index (χ3n) is 4.42. The number of halogens is 1. The highest BCUT2D eigenvalue weighted by molar-refractivity contribution is 9.10. The van der Waals surface area contributed by atoms with Gasteiger partial charge in [0.2, 0.25) is 0 Å². The van der Waals surface area contributed by atoms with Gasteiger partial charge in [-0.15, -0.1) is 0 Å². The Hall–Kier alpha value is -0.910. The van der Waals surface area contributed by atoms with Gasteiger partial charge in [0.05, 0.1) is 0 Å². The Balaban J connectivity index is 1.72. The average Bonchev–Trinajstić information content (AvgIpc) is 2.52. The van der Waals surface area contributed by atoms with Crippen molar-refractivity contribution in [2.24, 2.45) is 0 Å². The van der Waals surface area contributed by atoms with E-state index in [4.69, 9.17) is 5.11 Å². The number of benzene rings is 1. The number of carboxylic acid groups (broad SMARTS) is 1. The van der Waals surface area contributed by atoms with E-state index in [1.807, 2.05) is 0 Å². The van der Waals surface area contributed by atoms with Crippen molar-refractivity contribution >= 4 is 21.9 Å². The molecule has 0 aliphatic carbocycles. The number of carbonyl (C=O) groups is 1. The second kappa shape index (κ2) is 8.65. The summed E-state index contributed by atoms with van der Waals surface area (Å²) in [6, 6.07) is 9.03. The summed E-state index contributed by atoms with van der Waals surface area (Å²) in [5, 5.41) is 8.65. The molecule has 1 N–H and O–H groups in total. The third-order valence-corrected chi connectivity index (χ3v) is 4.95. The van der Waals surface area contributed by atoms with Gasteiger partial charge in [-0.3, -0.25) is 9.69 Å². The lowest BCUT2D eigenvalue weighted by Crippen LogP contribution is -2.47. The van der Waals surface area contributed by atoms with Crippen molar-refractivity contribution in [2.45, 2.75) is 32.2 Å². The van der Waals surface area contributed by atoms with Crippen LogP contribution in [0, 0.1) is 0 Å². The van der Waals surface area contributed by atoms with Gasteiger partial charge in [-0.25, -0.2) is 0 Å². The van der Waals surface area contributed by atoms with Gasteiger partial charge in [0, 0.05) is 43.1 Å². The largest absolute Gasteiger partial charge is 0.481 e. The van der Waals surface area contributed by atoms with Crippen LogP contribution in [0.4, 0.5) is 0 Å². The molecule has 1 aliphatic rings. The van der Waals surface area contributed by atoms with Crippen LogP contribution in [0.25, 0.3) is 0 Å². The SMILES string of the molecule is CC(c1ccc(Br)cc1)N1CCN(CCCCC(=O)O)CC1. The molecular formula is C17H25BrN2O2. The predicted octanol–water partition coefficient (Wildman–Crippen LogP) is 3.38. The fourth-order valence-electron chi connectivity index (χ4n) is 2.94. The number of aliphatic carboxylic acids is 1. The van der Waals surface area contributed by atoms with Crippen LogP contribution < -0.4 is 0 Å². The zero-order valence-electron chi connectivity index (χ0n) is 13.2. The molecule has 2 rings (SSSR count). The zero-order chi connectivity index (χ0) is 15.9. The third kappa shape index (κ3) is 5.38. The van der Waals surface area contributed by atoms with E-state index in [1.165, 1.54) is 5.56 Å². The molecule has 0 saturated carbocycles. The number of hydrogen-bond donors (Lipinski definition) is 1. The fourth-order valence-corrected chi connectivity index (χ4v) is 3.20. The van der Waals surface area contributed by atoms with Gasteiger partial charge in [0.25, 0.3) is 0 Å². The molecule has 1 aromatic rings. The van der Waals surface area contributed by atoms with E-state index in [1.54, 1.807) is 0 Å². The molecule has 1 heterocycles. The van der Waals surface area contributed by atoms with Crippen molar-refractivity contribution in [1.29, 1.82) is 0 Å². The molecule has 0 radical (unpaired) electrons. The van der Waals surface area contributed by atoms with Crippen molar-refractivity contribution in [1.82, 2.24) is 9.80 Å². The van der Waals surface area contributed by atoms with E-state index < -0.39 is 5.97 Å². The van der Waals surface area contributed by atoms with Crippen LogP contribution in [-0.4, -0.2) is 53.6 Å². The summed E-state index contributed by atoms with van der Waals surface area (Å²) in [6.45, 7) is 7.60. The molecule has 1 fully saturated rings. The van der Waals surface area contributed by atoms with Crippen LogP contribution in [0.1, 0.15) is 37.8 Å². The Morgan fingerprint density at radius 2 is 1.82 bits per heavy atom. The highest BCUT2D eigenvalue weighted by atomic mass is 79.9. The minimum atomic E-state index is -0.687. The maximum atomic E-state index is 10.5. The van der Waals surface area contributed by atoms with E-state index in [-0.39, 0.29) is 0 Å². The minimum Gasteiger partial charge on any atom is -0.481 e. The molecule has 122 valence electrons. The Kier molecular flexibility index (Phi) is 6.86. The second-order valence-electron chi connectivity index (χ2n) is 5.96.